The number of rotatable bonds is 5. The molecular formula is C22H21ClN2O4. The van der Waals surface area contributed by atoms with E-state index in [0.717, 1.165) is 42.6 Å². The van der Waals surface area contributed by atoms with Gasteiger partial charge in [0.25, 0.3) is 5.91 Å². The van der Waals surface area contributed by atoms with Crippen LogP contribution in [0.4, 0.5) is 11.4 Å². The van der Waals surface area contributed by atoms with Gasteiger partial charge in [0.15, 0.2) is 6.61 Å². The molecule has 1 aromatic heterocycles. The van der Waals surface area contributed by atoms with Crippen molar-refractivity contribution in [2.45, 2.75) is 19.8 Å². The van der Waals surface area contributed by atoms with Crippen LogP contribution in [-0.2, 0) is 4.79 Å². The third-order valence-corrected chi connectivity index (χ3v) is 5.21. The van der Waals surface area contributed by atoms with E-state index < -0.39 is 5.63 Å². The van der Waals surface area contributed by atoms with E-state index in [9.17, 15) is 9.59 Å². The molecule has 6 nitrogen and oxygen atoms in total. The molecule has 0 spiro atoms. The van der Waals surface area contributed by atoms with Gasteiger partial charge >= 0.3 is 5.63 Å². The monoisotopic (exact) mass is 412 g/mol. The lowest BCUT2D eigenvalue weighted by Gasteiger charge is -2.22. The van der Waals surface area contributed by atoms with Gasteiger partial charge in [0, 0.05) is 35.6 Å². The summed E-state index contributed by atoms with van der Waals surface area (Å²) in [4.78, 5) is 26.3. The lowest BCUT2D eigenvalue weighted by molar-refractivity contribution is -0.118. The summed E-state index contributed by atoms with van der Waals surface area (Å²) in [7, 11) is 0. The van der Waals surface area contributed by atoms with E-state index >= 15 is 0 Å². The number of carbonyl (C=O) groups is 1. The fourth-order valence-electron chi connectivity index (χ4n) is 3.57. The molecule has 3 aromatic rings. The topological polar surface area (TPSA) is 71.8 Å². The van der Waals surface area contributed by atoms with Crippen LogP contribution in [0.15, 0.2) is 51.7 Å². The van der Waals surface area contributed by atoms with Crippen molar-refractivity contribution in [3.8, 4) is 5.75 Å². The molecule has 0 saturated carbocycles. The van der Waals surface area contributed by atoms with Crippen LogP contribution < -0.4 is 20.6 Å². The first-order chi connectivity index (χ1) is 14.0. The molecule has 4 rings (SSSR count). The third kappa shape index (κ3) is 4.38. The van der Waals surface area contributed by atoms with Gasteiger partial charge in [-0.2, -0.15) is 0 Å². The summed E-state index contributed by atoms with van der Waals surface area (Å²) < 4.78 is 10.8. The molecule has 2 aromatic carbocycles. The Morgan fingerprint density at radius 1 is 1.17 bits per heavy atom. The minimum atomic E-state index is -0.416. The third-order valence-electron chi connectivity index (χ3n) is 4.97. The molecule has 0 bridgehead atoms. The standard InChI is InChI=1S/C22H21ClN2O4/c1-14-10-22(27)29-20-12-16(5-6-17(14)20)28-13-21(26)24-18-11-15(23)4-7-19(18)25-8-2-3-9-25/h4-7,10-12H,2-3,8-9,13H2,1H3,(H,24,26). The summed E-state index contributed by atoms with van der Waals surface area (Å²) >= 11 is 6.12. The van der Waals surface area contributed by atoms with E-state index in [0.29, 0.717) is 22.0 Å². The zero-order valence-corrected chi connectivity index (χ0v) is 16.8. The first kappa shape index (κ1) is 19.3. The molecule has 1 fully saturated rings. The van der Waals surface area contributed by atoms with Gasteiger partial charge in [0.2, 0.25) is 0 Å². The Bertz CT molecular complexity index is 1120. The Balaban J connectivity index is 1.46. The summed E-state index contributed by atoms with van der Waals surface area (Å²) in [6.45, 7) is 3.59. The van der Waals surface area contributed by atoms with Crippen LogP contribution >= 0.6 is 11.6 Å². The van der Waals surface area contributed by atoms with E-state index in [2.05, 4.69) is 10.2 Å². The molecule has 0 unspecified atom stereocenters. The molecule has 29 heavy (non-hydrogen) atoms. The molecule has 0 atom stereocenters. The molecule has 0 aliphatic carbocycles. The smallest absolute Gasteiger partial charge is 0.336 e. The van der Waals surface area contributed by atoms with E-state index in [4.69, 9.17) is 20.8 Å². The Morgan fingerprint density at radius 2 is 1.97 bits per heavy atom. The number of hydrogen-bond donors (Lipinski definition) is 1. The van der Waals surface area contributed by atoms with Crippen LogP contribution in [-0.4, -0.2) is 25.6 Å². The average Bonchev–Trinajstić information content (AvgIpc) is 3.20. The fraction of sp³-hybridized carbons (Fsp3) is 0.273. The van der Waals surface area contributed by atoms with Gasteiger partial charge in [-0.1, -0.05) is 11.6 Å². The highest BCUT2D eigenvalue weighted by molar-refractivity contribution is 6.31. The normalized spacial score (nSPS) is 13.7. The SMILES string of the molecule is Cc1cc(=O)oc2cc(OCC(=O)Nc3cc(Cl)ccc3N3CCCC3)ccc12. The van der Waals surface area contributed by atoms with Crippen LogP contribution in [0.1, 0.15) is 18.4 Å². The van der Waals surface area contributed by atoms with E-state index in [1.54, 1.807) is 18.2 Å². The van der Waals surface area contributed by atoms with Crippen molar-refractivity contribution in [2.75, 3.05) is 29.9 Å². The van der Waals surface area contributed by atoms with Crippen LogP contribution in [0, 0.1) is 6.92 Å². The van der Waals surface area contributed by atoms with Crippen molar-refractivity contribution in [1.29, 1.82) is 0 Å². The maximum atomic E-state index is 12.5. The highest BCUT2D eigenvalue weighted by Gasteiger charge is 2.17. The Kier molecular flexibility index (Phi) is 5.45. The highest BCUT2D eigenvalue weighted by Crippen LogP contribution is 2.31. The summed E-state index contributed by atoms with van der Waals surface area (Å²) in [6.07, 6.45) is 2.27. The molecule has 1 aliphatic rings. The maximum absolute atomic E-state index is 12.5. The number of ether oxygens (including phenoxy) is 1. The molecule has 1 aliphatic heterocycles. The van der Waals surface area contributed by atoms with Crippen molar-refractivity contribution in [3.05, 3.63) is 63.5 Å². The van der Waals surface area contributed by atoms with Crippen LogP contribution in [0.2, 0.25) is 5.02 Å². The van der Waals surface area contributed by atoms with Crippen molar-refractivity contribution >= 4 is 39.9 Å². The highest BCUT2D eigenvalue weighted by atomic mass is 35.5. The number of amides is 1. The first-order valence-electron chi connectivity index (χ1n) is 9.51. The molecule has 1 amide bonds. The molecule has 150 valence electrons. The maximum Gasteiger partial charge on any atom is 0.336 e. The molecule has 1 saturated heterocycles. The number of hydrogen-bond acceptors (Lipinski definition) is 5. The molecule has 1 N–H and O–H groups in total. The average molecular weight is 413 g/mol. The number of benzene rings is 2. The molecule has 7 heteroatoms. The Hall–Kier alpha value is -2.99. The first-order valence-corrected chi connectivity index (χ1v) is 9.89. The van der Waals surface area contributed by atoms with Gasteiger partial charge in [-0.05, 0) is 55.7 Å². The second-order valence-corrected chi connectivity index (χ2v) is 7.54. The predicted molar refractivity (Wildman–Crippen MR) is 114 cm³/mol. The van der Waals surface area contributed by atoms with Gasteiger partial charge in [0.05, 0.1) is 11.4 Å². The van der Waals surface area contributed by atoms with Crippen molar-refractivity contribution < 1.29 is 13.9 Å². The van der Waals surface area contributed by atoms with Gasteiger partial charge < -0.3 is 19.4 Å². The van der Waals surface area contributed by atoms with Gasteiger partial charge in [-0.3, -0.25) is 4.79 Å². The number of carbonyl (C=O) groups excluding carboxylic acids is 1. The fourth-order valence-corrected chi connectivity index (χ4v) is 3.74. The Labute approximate surface area is 173 Å². The summed E-state index contributed by atoms with van der Waals surface area (Å²) in [5, 5.41) is 4.28. The molecule has 0 radical (unpaired) electrons. The summed E-state index contributed by atoms with van der Waals surface area (Å²) in [5.74, 6) is 0.158. The van der Waals surface area contributed by atoms with Gasteiger partial charge in [0.1, 0.15) is 11.3 Å². The van der Waals surface area contributed by atoms with Gasteiger partial charge in [-0.15, -0.1) is 0 Å². The quantitative estimate of drug-likeness (QED) is 0.630. The largest absolute Gasteiger partial charge is 0.484 e. The summed E-state index contributed by atoms with van der Waals surface area (Å²) in [5.41, 5.74) is 2.48. The van der Waals surface area contributed by atoms with Crippen LogP contribution in [0.3, 0.4) is 0 Å². The number of nitrogens with zero attached hydrogens (tertiary/aromatic N) is 1. The van der Waals surface area contributed by atoms with Crippen molar-refractivity contribution in [2.24, 2.45) is 0 Å². The zero-order chi connectivity index (χ0) is 20.4. The van der Waals surface area contributed by atoms with Crippen LogP contribution in [0.5, 0.6) is 5.75 Å². The number of anilines is 2. The Morgan fingerprint density at radius 3 is 2.76 bits per heavy atom. The number of aryl methyl sites for hydroxylation is 1. The van der Waals surface area contributed by atoms with E-state index in [1.165, 1.54) is 6.07 Å². The zero-order valence-electron chi connectivity index (χ0n) is 16.0. The lowest BCUT2D eigenvalue weighted by atomic mass is 10.1. The molecular weight excluding hydrogens is 392 g/mol. The number of fused-ring (bicyclic) bond motifs is 1. The minimum absolute atomic E-state index is 0.173. The number of halogens is 1. The van der Waals surface area contributed by atoms with Crippen molar-refractivity contribution in [3.63, 3.8) is 0 Å². The molecule has 2 heterocycles. The number of nitrogens with one attached hydrogen (secondary N) is 1. The lowest BCUT2D eigenvalue weighted by Crippen LogP contribution is -2.24. The second kappa shape index (κ2) is 8.17. The second-order valence-electron chi connectivity index (χ2n) is 7.10. The summed E-state index contributed by atoms with van der Waals surface area (Å²) in [6, 6.07) is 12.1. The van der Waals surface area contributed by atoms with Crippen molar-refractivity contribution in [1.82, 2.24) is 0 Å². The van der Waals surface area contributed by atoms with E-state index in [1.807, 2.05) is 25.1 Å². The van der Waals surface area contributed by atoms with Gasteiger partial charge in [-0.25, -0.2) is 4.79 Å². The predicted octanol–water partition coefficient (Wildman–Crippen LogP) is 4.37. The van der Waals surface area contributed by atoms with E-state index in [-0.39, 0.29) is 12.5 Å². The minimum Gasteiger partial charge on any atom is -0.484 e. The van der Waals surface area contributed by atoms with Crippen LogP contribution in [0.25, 0.3) is 11.0 Å².